The fourth-order valence-electron chi connectivity index (χ4n) is 5.09. The predicted octanol–water partition coefficient (Wildman–Crippen LogP) is 8.99. The molecule has 7 nitrogen and oxygen atoms in total. The SMILES string of the molecule is CC(C)(C)C(=O)Oc1ccc(-c2sc3cc(OC(=O)C(C)(C)C)ccc3c2C(=O)c2ccc(OCCN3CCCCC3)cc2)cc1.Cl. The second-order valence-corrected chi connectivity index (χ2v) is 14.9. The van der Waals surface area contributed by atoms with E-state index in [1.807, 2.05) is 36.4 Å². The molecule has 1 aromatic heterocycles. The van der Waals surface area contributed by atoms with Crippen molar-refractivity contribution in [1.82, 2.24) is 4.90 Å². The van der Waals surface area contributed by atoms with Crippen LogP contribution in [0, 0.1) is 10.8 Å². The number of ketones is 1. The molecule has 0 radical (unpaired) electrons. The van der Waals surface area contributed by atoms with Crippen LogP contribution in [0.5, 0.6) is 17.2 Å². The highest BCUT2D eigenvalue weighted by atomic mass is 35.5. The molecule has 0 N–H and O–H groups in total. The Bertz CT molecular complexity index is 1710. The van der Waals surface area contributed by atoms with Gasteiger partial charge in [-0.3, -0.25) is 19.3 Å². The van der Waals surface area contributed by atoms with E-state index in [1.165, 1.54) is 30.6 Å². The van der Waals surface area contributed by atoms with Gasteiger partial charge in [0.1, 0.15) is 23.9 Å². The van der Waals surface area contributed by atoms with Crippen molar-refractivity contribution in [3.05, 3.63) is 77.9 Å². The summed E-state index contributed by atoms with van der Waals surface area (Å²) in [5.74, 6) is 0.811. The predicted molar refractivity (Wildman–Crippen MR) is 190 cm³/mol. The number of halogens is 1. The van der Waals surface area contributed by atoms with E-state index in [9.17, 15) is 14.4 Å². The number of fused-ring (bicyclic) bond motifs is 1. The Balaban J connectivity index is 0.00000500. The zero-order valence-corrected chi connectivity index (χ0v) is 29.6. The molecule has 3 aromatic carbocycles. The molecule has 0 unspecified atom stereocenters. The molecule has 0 atom stereocenters. The minimum Gasteiger partial charge on any atom is -0.492 e. The summed E-state index contributed by atoms with van der Waals surface area (Å²) < 4.78 is 18.0. The van der Waals surface area contributed by atoms with E-state index >= 15 is 0 Å². The van der Waals surface area contributed by atoms with Gasteiger partial charge in [0, 0.05) is 32.6 Å². The first kappa shape index (κ1) is 36.1. The molecule has 4 aromatic rings. The molecule has 47 heavy (non-hydrogen) atoms. The maximum absolute atomic E-state index is 14.2. The number of ether oxygens (including phenoxy) is 3. The fourth-order valence-corrected chi connectivity index (χ4v) is 6.32. The highest BCUT2D eigenvalue weighted by Gasteiger charge is 2.27. The van der Waals surface area contributed by atoms with Gasteiger partial charge in [-0.1, -0.05) is 6.42 Å². The van der Waals surface area contributed by atoms with E-state index in [0.29, 0.717) is 29.2 Å². The first-order valence-corrected chi connectivity index (χ1v) is 16.7. The largest absolute Gasteiger partial charge is 0.492 e. The average Bonchev–Trinajstić information content (AvgIpc) is 3.40. The third-order valence-electron chi connectivity index (χ3n) is 7.89. The van der Waals surface area contributed by atoms with Crippen LogP contribution < -0.4 is 14.2 Å². The van der Waals surface area contributed by atoms with Crippen molar-refractivity contribution in [1.29, 1.82) is 0 Å². The van der Waals surface area contributed by atoms with Gasteiger partial charge in [-0.2, -0.15) is 0 Å². The number of carbonyl (C=O) groups is 3. The molecule has 5 rings (SSSR count). The highest BCUT2D eigenvalue weighted by Crippen LogP contribution is 2.42. The minimum absolute atomic E-state index is 0. The number of nitrogens with zero attached hydrogens (tertiary/aromatic N) is 1. The molecule has 2 heterocycles. The summed E-state index contributed by atoms with van der Waals surface area (Å²) in [6, 6.07) is 19.9. The van der Waals surface area contributed by atoms with E-state index in [2.05, 4.69) is 4.90 Å². The zero-order chi connectivity index (χ0) is 33.1. The molecule has 0 aliphatic carbocycles. The van der Waals surface area contributed by atoms with Gasteiger partial charge in [0.2, 0.25) is 0 Å². The molecule has 1 saturated heterocycles. The van der Waals surface area contributed by atoms with Crippen molar-refractivity contribution in [2.75, 3.05) is 26.2 Å². The number of esters is 2. The number of piperidine rings is 1. The van der Waals surface area contributed by atoms with Gasteiger partial charge in [0.25, 0.3) is 0 Å². The minimum atomic E-state index is -0.654. The van der Waals surface area contributed by atoms with Crippen LogP contribution in [0.4, 0.5) is 0 Å². The molecular weight excluding hydrogens is 634 g/mol. The lowest BCUT2D eigenvalue weighted by atomic mass is 9.97. The normalized spacial score (nSPS) is 13.9. The maximum atomic E-state index is 14.2. The fraction of sp³-hybridized carbons (Fsp3) is 0.395. The van der Waals surface area contributed by atoms with Gasteiger partial charge in [-0.05, 0) is 140 Å². The molecule has 0 amide bonds. The smallest absolute Gasteiger partial charge is 0.316 e. The topological polar surface area (TPSA) is 82.1 Å². The Morgan fingerprint density at radius 2 is 1.28 bits per heavy atom. The van der Waals surface area contributed by atoms with Gasteiger partial charge in [0.15, 0.2) is 5.78 Å². The van der Waals surface area contributed by atoms with Gasteiger partial charge in [-0.15, -0.1) is 23.7 Å². The molecule has 9 heteroatoms. The second-order valence-electron chi connectivity index (χ2n) is 13.9. The van der Waals surface area contributed by atoms with E-state index in [0.717, 1.165) is 45.9 Å². The lowest BCUT2D eigenvalue weighted by Crippen LogP contribution is -2.33. The quantitative estimate of drug-likeness (QED) is 0.0993. The number of benzene rings is 3. The monoisotopic (exact) mass is 677 g/mol. The van der Waals surface area contributed by atoms with Crippen molar-refractivity contribution in [2.24, 2.45) is 10.8 Å². The number of rotatable bonds is 9. The van der Waals surface area contributed by atoms with Crippen LogP contribution >= 0.6 is 23.7 Å². The number of hydrogen-bond donors (Lipinski definition) is 0. The number of hydrogen-bond acceptors (Lipinski definition) is 8. The van der Waals surface area contributed by atoms with E-state index < -0.39 is 10.8 Å². The molecule has 1 aliphatic heterocycles. The Morgan fingerprint density at radius 3 is 1.87 bits per heavy atom. The van der Waals surface area contributed by atoms with Crippen LogP contribution in [0.15, 0.2) is 66.7 Å². The van der Waals surface area contributed by atoms with Crippen LogP contribution in [-0.2, 0) is 9.59 Å². The number of likely N-dealkylation sites (tertiary alicyclic amines) is 1. The van der Waals surface area contributed by atoms with Crippen molar-refractivity contribution in [3.63, 3.8) is 0 Å². The van der Waals surface area contributed by atoms with Gasteiger partial charge in [-0.25, -0.2) is 0 Å². The van der Waals surface area contributed by atoms with Crippen molar-refractivity contribution in [3.8, 4) is 27.7 Å². The highest BCUT2D eigenvalue weighted by molar-refractivity contribution is 7.22. The molecule has 1 aliphatic rings. The van der Waals surface area contributed by atoms with Crippen LogP contribution in [-0.4, -0.2) is 48.9 Å². The third kappa shape index (κ3) is 9.01. The maximum Gasteiger partial charge on any atom is 0.316 e. The summed E-state index contributed by atoms with van der Waals surface area (Å²) in [6.45, 7) is 14.6. The van der Waals surface area contributed by atoms with Crippen LogP contribution in [0.3, 0.4) is 0 Å². The average molecular weight is 678 g/mol. The summed E-state index contributed by atoms with van der Waals surface area (Å²) in [4.78, 5) is 42.4. The molecule has 0 saturated carbocycles. The Hall–Kier alpha value is -3.72. The van der Waals surface area contributed by atoms with Crippen LogP contribution in [0.25, 0.3) is 20.5 Å². The van der Waals surface area contributed by atoms with Crippen LogP contribution in [0.2, 0.25) is 0 Å². The molecular formula is C38H44ClNO6S. The first-order valence-electron chi connectivity index (χ1n) is 15.9. The van der Waals surface area contributed by atoms with E-state index in [4.69, 9.17) is 14.2 Å². The molecule has 250 valence electrons. The van der Waals surface area contributed by atoms with Crippen molar-refractivity contribution in [2.45, 2.75) is 60.8 Å². The number of thiophene rings is 1. The van der Waals surface area contributed by atoms with Crippen molar-refractivity contribution < 1.29 is 28.6 Å². The van der Waals surface area contributed by atoms with Crippen LogP contribution in [0.1, 0.15) is 76.7 Å². The molecule has 0 spiro atoms. The molecule has 1 fully saturated rings. The van der Waals surface area contributed by atoms with Gasteiger partial charge < -0.3 is 14.2 Å². The van der Waals surface area contributed by atoms with Crippen molar-refractivity contribution >= 4 is 51.6 Å². The summed E-state index contributed by atoms with van der Waals surface area (Å²) in [5.41, 5.74) is 0.630. The Morgan fingerprint density at radius 1 is 0.723 bits per heavy atom. The summed E-state index contributed by atoms with van der Waals surface area (Å²) in [5, 5.41) is 0.769. The lowest BCUT2D eigenvalue weighted by molar-refractivity contribution is -0.143. The number of carbonyl (C=O) groups excluding carboxylic acids is 3. The van der Waals surface area contributed by atoms with E-state index in [1.54, 1.807) is 71.9 Å². The first-order chi connectivity index (χ1) is 21.8. The second kappa shape index (κ2) is 15.0. The molecule has 0 bridgehead atoms. The van der Waals surface area contributed by atoms with E-state index in [-0.39, 0.29) is 30.1 Å². The lowest BCUT2D eigenvalue weighted by Gasteiger charge is -2.26. The Labute approximate surface area is 287 Å². The summed E-state index contributed by atoms with van der Waals surface area (Å²) in [7, 11) is 0. The third-order valence-corrected chi connectivity index (χ3v) is 9.09. The van der Waals surface area contributed by atoms with Gasteiger partial charge in [0.05, 0.1) is 10.8 Å². The zero-order valence-electron chi connectivity index (χ0n) is 28.0. The summed E-state index contributed by atoms with van der Waals surface area (Å²) >= 11 is 1.45. The summed E-state index contributed by atoms with van der Waals surface area (Å²) in [6.07, 6.45) is 3.79. The Kier molecular flexibility index (Phi) is 11.5. The standard InChI is InChI=1S/C38H43NO6S.ClH/c1-37(2,3)35(41)44-28-16-12-26(13-17-28)34-32(30-19-18-29(24-31(30)46-34)45-36(42)38(4,5)6)33(40)25-10-14-27(15-11-25)43-23-22-39-20-8-7-9-21-39;/h10-19,24H,7-9,20-23H2,1-6H3;1H. The van der Waals surface area contributed by atoms with Gasteiger partial charge >= 0.3 is 11.9 Å².